The van der Waals surface area contributed by atoms with Gasteiger partial charge in [0.1, 0.15) is 4.70 Å². The lowest BCUT2D eigenvalue weighted by molar-refractivity contribution is -0.856. The van der Waals surface area contributed by atoms with Gasteiger partial charge in [-0.1, -0.05) is 59.3 Å². The standard InChI is InChI=1S/C30H30Cl2N3O6S4/c1-2-22(18-29-34(14-6-16-44(36,37)38)25-20-23(31)8-10-27(25)42-29)19-30-35(26-21-24(32)9-11-28(26)43-30)15-7-17-45(39,40)41-33-12-4-3-5-13-33/h3-5,8-13,18-21H,2,6-7,14-17H2,1H3/q+1. The number of halogens is 2. The molecule has 3 heterocycles. The van der Waals surface area contributed by atoms with Gasteiger partial charge in [-0.3, -0.25) is 0 Å². The molecule has 0 N–H and O–H groups in total. The Balaban J connectivity index is 1.43. The van der Waals surface area contributed by atoms with Crippen LogP contribution in [0.25, 0.3) is 16.3 Å². The van der Waals surface area contributed by atoms with Crippen molar-refractivity contribution in [2.75, 3.05) is 23.0 Å². The Morgan fingerprint density at radius 1 is 1.00 bits per heavy atom. The minimum Gasteiger partial charge on any atom is -0.748 e. The second kappa shape index (κ2) is 14.4. The van der Waals surface area contributed by atoms with Crippen molar-refractivity contribution >= 4 is 88.5 Å². The van der Waals surface area contributed by atoms with Crippen LogP contribution in [0.3, 0.4) is 0 Å². The normalized spacial score (nSPS) is 14.8. The van der Waals surface area contributed by atoms with Crippen LogP contribution >= 0.6 is 46.3 Å². The number of thiazole rings is 1. The first kappa shape index (κ1) is 33.7. The van der Waals surface area contributed by atoms with E-state index in [4.69, 9.17) is 27.5 Å². The number of aromatic nitrogens is 2. The van der Waals surface area contributed by atoms with E-state index in [1.807, 2.05) is 47.9 Å². The molecule has 238 valence electrons. The van der Waals surface area contributed by atoms with Crippen LogP contribution in [-0.2, 0) is 26.8 Å². The molecule has 9 nitrogen and oxygen atoms in total. The van der Waals surface area contributed by atoms with Crippen molar-refractivity contribution < 1.29 is 35.0 Å². The molecule has 0 atom stereocenters. The molecule has 0 saturated heterocycles. The van der Waals surface area contributed by atoms with Gasteiger partial charge in [0, 0.05) is 62.7 Å². The Morgan fingerprint density at radius 2 is 1.73 bits per heavy atom. The summed E-state index contributed by atoms with van der Waals surface area (Å²) in [6.07, 6.45) is 8.35. The van der Waals surface area contributed by atoms with E-state index in [9.17, 15) is 21.4 Å². The molecular weight excluding hydrogens is 698 g/mol. The quantitative estimate of drug-likeness (QED) is 0.125. The van der Waals surface area contributed by atoms with Crippen LogP contribution in [-0.4, -0.2) is 39.4 Å². The summed E-state index contributed by atoms with van der Waals surface area (Å²) in [5.74, 6) is -0.637. The third-order valence-electron chi connectivity index (χ3n) is 6.85. The monoisotopic (exact) mass is 726 g/mol. The number of benzene rings is 2. The van der Waals surface area contributed by atoms with E-state index < -0.39 is 26.0 Å². The lowest BCUT2D eigenvalue weighted by Gasteiger charge is -2.20. The van der Waals surface area contributed by atoms with Crippen LogP contribution in [0.2, 0.25) is 10.0 Å². The van der Waals surface area contributed by atoms with Crippen LogP contribution in [0.15, 0.2) is 88.6 Å². The molecule has 2 aromatic carbocycles. The summed E-state index contributed by atoms with van der Waals surface area (Å²) in [6.45, 7) is 2.79. The Bertz CT molecular complexity index is 1980. The number of nitrogens with zero attached hydrogens (tertiary/aromatic N) is 3. The number of hydrogen-bond donors (Lipinski definition) is 0. The van der Waals surface area contributed by atoms with E-state index in [1.54, 1.807) is 41.3 Å². The van der Waals surface area contributed by atoms with E-state index in [0.717, 1.165) is 41.1 Å². The van der Waals surface area contributed by atoms with Gasteiger partial charge in [-0.05, 0) is 54.8 Å². The zero-order chi connectivity index (χ0) is 32.2. The molecule has 45 heavy (non-hydrogen) atoms. The SMILES string of the molecule is CCC(=C\c1sc2ccc(Cl)cc2[n+]1CCCS(=O)(=O)[O-])/C=C1/Sc2ccc(Cl)cc2N1CCCS(=O)(=O)O[n+]1ccccc1. The number of hydrogen-bond acceptors (Lipinski definition) is 9. The Kier molecular flexibility index (Phi) is 10.8. The summed E-state index contributed by atoms with van der Waals surface area (Å²) in [5, 5.41) is 2.95. The molecule has 4 aromatic rings. The summed E-state index contributed by atoms with van der Waals surface area (Å²) in [4.78, 5) is 3.07. The summed E-state index contributed by atoms with van der Waals surface area (Å²) in [5.41, 5.74) is 2.76. The largest absolute Gasteiger partial charge is 0.748 e. The van der Waals surface area contributed by atoms with Gasteiger partial charge in [-0.25, -0.2) is 8.42 Å². The maximum absolute atomic E-state index is 12.7. The molecule has 0 spiro atoms. The van der Waals surface area contributed by atoms with Crippen molar-refractivity contribution in [1.29, 1.82) is 0 Å². The van der Waals surface area contributed by atoms with Crippen molar-refractivity contribution in [1.82, 2.24) is 0 Å². The first-order valence-corrected chi connectivity index (χ1v) is 19.6. The van der Waals surface area contributed by atoms with Crippen molar-refractivity contribution in [3.05, 3.63) is 98.7 Å². The molecule has 0 aliphatic carbocycles. The fourth-order valence-electron chi connectivity index (χ4n) is 4.79. The average Bonchev–Trinajstić information content (AvgIpc) is 3.48. The third kappa shape index (κ3) is 9.00. The zero-order valence-corrected chi connectivity index (χ0v) is 28.9. The average molecular weight is 728 g/mol. The fraction of sp³-hybridized carbons (Fsp3) is 0.267. The molecule has 15 heteroatoms. The fourth-order valence-corrected chi connectivity index (χ4v) is 8.81. The molecule has 1 aliphatic heterocycles. The highest BCUT2D eigenvalue weighted by molar-refractivity contribution is 8.03. The summed E-state index contributed by atoms with van der Waals surface area (Å²) < 4.78 is 68.5. The molecule has 2 aromatic heterocycles. The van der Waals surface area contributed by atoms with Gasteiger partial charge in [-0.2, -0.15) is 13.0 Å². The molecular formula is C30H30Cl2N3O6S4+. The van der Waals surface area contributed by atoms with E-state index in [0.29, 0.717) is 36.0 Å². The highest BCUT2D eigenvalue weighted by Gasteiger charge is 2.27. The van der Waals surface area contributed by atoms with Gasteiger partial charge in [0.15, 0.2) is 6.54 Å². The minimum atomic E-state index is -4.34. The summed E-state index contributed by atoms with van der Waals surface area (Å²) in [6, 6.07) is 16.3. The minimum absolute atomic E-state index is 0.174. The number of anilines is 1. The van der Waals surface area contributed by atoms with Crippen LogP contribution in [0.5, 0.6) is 0 Å². The third-order valence-corrected chi connectivity index (χ3v) is 11.5. The van der Waals surface area contributed by atoms with Crippen LogP contribution < -0.4 is 18.5 Å². The Hall–Kier alpha value is -2.65. The van der Waals surface area contributed by atoms with Gasteiger partial charge in [0.2, 0.25) is 17.9 Å². The van der Waals surface area contributed by atoms with Gasteiger partial charge in [-0.15, -0.1) is 4.28 Å². The topological polar surface area (TPSA) is 112 Å². The van der Waals surface area contributed by atoms with Crippen molar-refractivity contribution in [3.8, 4) is 0 Å². The van der Waals surface area contributed by atoms with Gasteiger partial charge in [0.25, 0.3) is 5.01 Å². The molecule has 0 saturated carbocycles. The molecule has 0 amide bonds. The van der Waals surface area contributed by atoms with Gasteiger partial charge < -0.3 is 9.45 Å². The molecule has 1 aliphatic rings. The van der Waals surface area contributed by atoms with E-state index in [1.165, 1.54) is 12.4 Å². The zero-order valence-electron chi connectivity index (χ0n) is 24.1. The van der Waals surface area contributed by atoms with E-state index in [2.05, 4.69) is 17.1 Å². The molecule has 0 radical (unpaired) electrons. The van der Waals surface area contributed by atoms with Crippen molar-refractivity contribution in [2.45, 2.75) is 37.6 Å². The molecule has 0 unspecified atom stereocenters. The van der Waals surface area contributed by atoms with E-state index >= 15 is 0 Å². The number of pyridine rings is 1. The maximum Gasteiger partial charge on any atom is 0.367 e. The number of aryl methyl sites for hydroxylation is 1. The number of fused-ring (bicyclic) bond motifs is 2. The van der Waals surface area contributed by atoms with E-state index in [-0.39, 0.29) is 12.2 Å². The van der Waals surface area contributed by atoms with Gasteiger partial charge in [0.05, 0.1) is 26.6 Å². The maximum atomic E-state index is 12.7. The Morgan fingerprint density at radius 3 is 2.47 bits per heavy atom. The molecule has 5 rings (SSSR count). The predicted octanol–water partition coefficient (Wildman–Crippen LogP) is 5.81. The summed E-state index contributed by atoms with van der Waals surface area (Å²) >= 11 is 15.8. The second-order valence-corrected chi connectivity index (χ2v) is 16.4. The first-order valence-electron chi connectivity index (χ1n) is 14.0. The van der Waals surface area contributed by atoms with Crippen LogP contribution in [0.4, 0.5) is 5.69 Å². The number of rotatable bonds is 13. The first-order chi connectivity index (χ1) is 21.4. The highest BCUT2D eigenvalue weighted by Crippen LogP contribution is 2.47. The second-order valence-electron chi connectivity index (χ2n) is 10.2. The van der Waals surface area contributed by atoms with Gasteiger partial charge >= 0.3 is 10.1 Å². The van der Waals surface area contributed by atoms with Crippen molar-refractivity contribution in [3.63, 3.8) is 0 Å². The summed E-state index contributed by atoms with van der Waals surface area (Å²) in [7, 11) is -8.17. The lowest BCUT2D eigenvalue weighted by Crippen LogP contribution is -2.45. The van der Waals surface area contributed by atoms with Crippen molar-refractivity contribution in [2.24, 2.45) is 0 Å². The Labute approximate surface area is 281 Å². The predicted molar refractivity (Wildman–Crippen MR) is 179 cm³/mol. The van der Waals surface area contributed by atoms with Crippen LogP contribution in [0, 0.1) is 0 Å². The highest BCUT2D eigenvalue weighted by atomic mass is 35.5. The molecule has 0 bridgehead atoms. The lowest BCUT2D eigenvalue weighted by atomic mass is 10.2. The number of thioether (sulfide) groups is 1. The smallest absolute Gasteiger partial charge is 0.367 e. The number of allylic oxidation sites excluding steroid dienone is 2. The molecule has 0 fully saturated rings. The van der Waals surface area contributed by atoms with Crippen LogP contribution in [0.1, 0.15) is 31.2 Å².